The lowest BCUT2D eigenvalue weighted by Gasteiger charge is -2.31. The first-order valence-corrected chi connectivity index (χ1v) is 7.36. The molecule has 112 valence electrons. The lowest BCUT2D eigenvalue weighted by Crippen LogP contribution is -2.40. The molecule has 0 bridgehead atoms. The molecule has 2 heterocycles. The minimum absolute atomic E-state index is 0.0389. The SMILES string of the molecule is Cn1nc(C(C)(C)C)cc1C(=O)N1CCC(CN)CC1. The maximum Gasteiger partial charge on any atom is 0.272 e. The quantitative estimate of drug-likeness (QED) is 0.892. The molecule has 5 nitrogen and oxygen atoms in total. The Balaban J connectivity index is 2.12. The molecule has 0 unspecified atom stereocenters. The van der Waals surface area contributed by atoms with Crippen molar-refractivity contribution in [3.8, 4) is 0 Å². The van der Waals surface area contributed by atoms with Crippen LogP contribution in [0.5, 0.6) is 0 Å². The Bertz CT molecular complexity index is 479. The predicted octanol–water partition coefficient (Wildman–Crippen LogP) is 1.53. The molecule has 5 heteroatoms. The Kier molecular flexibility index (Phi) is 4.18. The van der Waals surface area contributed by atoms with Gasteiger partial charge in [-0.15, -0.1) is 0 Å². The van der Waals surface area contributed by atoms with Crippen LogP contribution in [0.4, 0.5) is 0 Å². The summed E-state index contributed by atoms with van der Waals surface area (Å²) in [5.74, 6) is 0.654. The lowest BCUT2D eigenvalue weighted by molar-refractivity contribution is 0.0682. The first kappa shape index (κ1) is 15.0. The van der Waals surface area contributed by atoms with E-state index < -0.39 is 0 Å². The first-order chi connectivity index (χ1) is 9.32. The van der Waals surface area contributed by atoms with Crippen LogP contribution in [-0.2, 0) is 12.5 Å². The van der Waals surface area contributed by atoms with E-state index in [9.17, 15) is 4.79 Å². The van der Waals surface area contributed by atoms with Crippen molar-refractivity contribution in [1.82, 2.24) is 14.7 Å². The fourth-order valence-electron chi connectivity index (χ4n) is 2.57. The molecule has 1 fully saturated rings. The largest absolute Gasteiger partial charge is 0.337 e. The third kappa shape index (κ3) is 3.03. The van der Waals surface area contributed by atoms with E-state index in [4.69, 9.17) is 5.73 Å². The molecular formula is C15H26N4O. The van der Waals surface area contributed by atoms with Crippen LogP contribution in [0.25, 0.3) is 0 Å². The van der Waals surface area contributed by atoms with Crippen LogP contribution >= 0.6 is 0 Å². The van der Waals surface area contributed by atoms with Gasteiger partial charge in [0.15, 0.2) is 0 Å². The molecule has 1 aromatic rings. The van der Waals surface area contributed by atoms with E-state index in [0.717, 1.165) is 38.2 Å². The molecule has 1 aliphatic rings. The fourth-order valence-corrected chi connectivity index (χ4v) is 2.57. The smallest absolute Gasteiger partial charge is 0.272 e. The van der Waals surface area contributed by atoms with Gasteiger partial charge in [-0.3, -0.25) is 9.48 Å². The van der Waals surface area contributed by atoms with E-state index in [1.807, 2.05) is 18.0 Å². The average molecular weight is 278 g/mol. The van der Waals surface area contributed by atoms with Crippen molar-refractivity contribution < 1.29 is 4.79 Å². The monoisotopic (exact) mass is 278 g/mol. The molecule has 20 heavy (non-hydrogen) atoms. The topological polar surface area (TPSA) is 64.2 Å². The number of rotatable bonds is 2. The van der Waals surface area contributed by atoms with Gasteiger partial charge in [0.25, 0.3) is 5.91 Å². The summed E-state index contributed by atoms with van der Waals surface area (Å²) in [5.41, 5.74) is 7.29. The lowest BCUT2D eigenvalue weighted by atomic mass is 9.92. The summed E-state index contributed by atoms with van der Waals surface area (Å²) in [6.45, 7) is 8.65. The van der Waals surface area contributed by atoms with Gasteiger partial charge in [-0.25, -0.2) is 0 Å². The number of nitrogens with zero attached hydrogens (tertiary/aromatic N) is 3. The maximum atomic E-state index is 12.6. The molecule has 1 saturated heterocycles. The Morgan fingerprint density at radius 2 is 2.00 bits per heavy atom. The first-order valence-electron chi connectivity index (χ1n) is 7.36. The summed E-state index contributed by atoms with van der Waals surface area (Å²) < 4.78 is 1.71. The van der Waals surface area contributed by atoms with Gasteiger partial charge >= 0.3 is 0 Å². The van der Waals surface area contributed by atoms with Crippen molar-refractivity contribution in [2.45, 2.75) is 39.0 Å². The molecule has 1 aliphatic heterocycles. The third-order valence-electron chi connectivity index (χ3n) is 4.10. The molecule has 0 aromatic carbocycles. The second-order valence-corrected chi connectivity index (χ2v) is 6.76. The number of piperidine rings is 1. The standard InChI is InChI=1S/C15H26N4O/c1-15(2,3)13-9-12(18(4)17-13)14(20)19-7-5-11(10-16)6-8-19/h9,11H,5-8,10,16H2,1-4H3. The number of hydrogen-bond acceptors (Lipinski definition) is 3. The zero-order valence-electron chi connectivity index (χ0n) is 13.0. The van der Waals surface area contributed by atoms with Crippen LogP contribution in [0.2, 0.25) is 0 Å². The number of carbonyl (C=O) groups is 1. The minimum Gasteiger partial charge on any atom is -0.337 e. The van der Waals surface area contributed by atoms with E-state index in [0.29, 0.717) is 11.6 Å². The Labute approximate surface area is 121 Å². The van der Waals surface area contributed by atoms with Gasteiger partial charge in [0.2, 0.25) is 0 Å². The molecule has 0 spiro atoms. The number of nitrogens with two attached hydrogens (primary N) is 1. The van der Waals surface area contributed by atoms with Gasteiger partial charge < -0.3 is 10.6 Å². The summed E-state index contributed by atoms with van der Waals surface area (Å²) in [5, 5.41) is 4.48. The summed E-state index contributed by atoms with van der Waals surface area (Å²) in [7, 11) is 1.84. The van der Waals surface area contributed by atoms with E-state index >= 15 is 0 Å². The number of carbonyl (C=O) groups excluding carboxylic acids is 1. The zero-order valence-corrected chi connectivity index (χ0v) is 13.0. The van der Waals surface area contributed by atoms with Crippen LogP contribution < -0.4 is 5.73 Å². The minimum atomic E-state index is -0.0389. The number of aryl methyl sites for hydroxylation is 1. The molecule has 1 amide bonds. The van der Waals surface area contributed by atoms with E-state index in [-0.39, 0.29) is 11.3 Å². The molecular weight excluding hydrogens is 252 g/mol. The molecule has 0 atom stereocenters. The second kappa shape index (κ2) is 5.56. The van der Waals surface area contributed by atoms with Crippen molar-refractivity contribution in [3.05, 3.63) is 17.5 Å². The van der Waals surface area contributed by atoms with Crippen molar-refractivity contribution in [2.24, 2.45) is 18.7 Å². The van der Waals surface area contributed by atoms with Crippen molar-refractivity contribution in [3.63, 3.8) is 0 Å². The second-order valence-electron chi connectivity index (χ2n) is 6.76. The molecule has 2 rings (SSSR count). The van der Waals surface area contributed by atoms with Crippen LogP contribution in [0.1, 0.15) is 49.8 Å². The van der Waals surface area contributed by atoms with Gasteiger partial charge in [0.1, 0.15) is 5.69 Å². The Morgan fingerprint density at radius 3 is 2.45 bits per heavy atom. The van der Waals surface area contributed by atoms with Crippen LogP contribution in [0, 0.1) is 5.92 Å². The maximum absolute atomic E-state index is 12.6. The van der Waals surface area contributed by atoms with Gasteiger partial charge in [-0.05, 0) is 31.4 Å². The average Bonchev–Trinajstić information content (AvgIpc) is 2.80. The highest BCUT2D eigenvalue weighted by Crippen LogP contribution is 2.23. The van der Waals surface area contributed by atoms with Gasteiger partial charge in [-0.2, -0.15) is 5.10 Å². The van der Waals surface area contributed by atoms with Crippen LogP contribution in [0.15, 0.2) is 6.07 Å². The van der Waals surface area contributed by atoms with E-state index in [1.165, 1.54) is 0 Å². The third-order valence-corrected chi connectivity index (χ3v) is 4.10. The van der Waals surface area contributed by atoms with Crippen LogP contribution in [-0.4, -0.2) is 40.2 Å². The van der Waals surface area contributed by atoms with Gasteiger partial charge in [0.05, 0.1) is 5.69 Å². The molecule has 0 aliphatic carbocycles. The highest BCUT2D eigenvalue weighted by atomic mass is 16.2. The predicted molar refractivity (Wildman–Crippen MR) is 79.6 cm³/mol. The molecule has 2 N–H and O–H groups in total. The summed E-state index contributed by atoms with van der Waals surface area (Å²) >= 11 is 0. The van der Waals surface area contributed by atoms with Crippen molar-refractivity contribution >= 4 is 5.91 Å². The number of likely N-dealkylation sites (tertiary alicyclic amines) is 1. The van der Waals surface area contributed by atoms with Gasteiger partial charge in [-0.1, -0.05) is 20.8 Å². The van der Waals surface area contributed by atoms with Crippen molar-refractivity contribution in [1.29, 1.82) is 0 Å². The Hall–Kier alpha value is -1.36. The van der Waals surface area contributed by atoms with Gasteiger partial charge in [0, 0.05) is 25.6 Å². The Morgan fingerprint density at radius 1 is 1.40 bits per heavy atom. The molecule has 0 radical (unpaired) electrons. The number of amides is 1. The summed E-state index contributed by atoms with van der Waals surface area (Å²) in [4.78, 5) is 14.5. The highest BCUT2D eigenvalue weighted by Gasteiger charge is 2.27. The fraction of sp³-hybridized carbons (Fsp3) is 0.733. The van der Waals surface area contributed by atoms with Crippen molar-refractivity contribution in [2.75, 3.05) is 19.6 Å². The zero-order chi connectivity index (χ0) is 14.9. The summed E-state index contributed by atoms with van der Waals surface area (Å²) in [6, 6.07) is 1.93. The van der Waals surface area contributed by atoms with E-state index in [1.54, 1.807) is 4.68 Å². The number of aromatic nitrogens is 2. The van der Waals surface area contributed by atoms with E-state index in [2.05, 4.69) is 25.9 Å². The van der Waals surface area contributed by atoms with Crippen LogP contribution in [0.3, 0.4) is 0 Å². The molecule has 0 saturated carbocycles. The highest BCUT2D eigenvalue weighted by molar-refractivity contribution is 5.92. The normalized spacial score (nSPS) is 17.6. The molecule has 1 aromatic heterocycles. The number of hydrogen-bond donors (Lipinski definition) is 1. The summed E-state index contributed by atoms with van der Waals surface area (Å²) in [6.07, 6.45) is 2.01.